The Bertz CT molecular complexity index is 1850. The standard InChI is InChI=1S/C20H22F2N10O9P2S/c21-8-6(1-33)39-19(32-5-28-11-16(32)29-20(24)30-17(11)34)13(8)43(37,44)38-2-7-12(41-42(35)36)9(22)18(40-7)31-4-27-10-14(23)25-3-26-15(10)31/h3-9,12-13,18-19,33H,1-2H2,(H6-,23,24,25,26,29,30,34,35,36,37,44)/p+1/t6-,7-,8-,9+,12-,13-,18-,19-,43?/m1/s1. The lowest BCUT2D eigenvalue weighted by Gasteiger charge is -2.29. The van der Waals surface area contributed by atoms with Crippen molar-refractivity contribution >= 4 is 60.6 Å². The van der Waals surface area contributed by atoms with Gasteiger partial charge in [-0.25, -0.2) is 28.7 Å². The minimum Gasteiger partial charge on any atom is -0.394 e. The van der Waals surface area contributed by atoms with E-state index in [1.54, 1.807) is 0 Å². The normalized spacial score (nSPS) is 30.7. The number of halogens is 2. The zero-order chi connectivity index (χ0) is 31.5. The SMILES string of the molecule is Nc1nc2c(ncn2[C@@H]2O[C@H](CO)[C@@H](F)[C@H]2P(O)(=S)OC[C@H]2O[C@@H](n3cnc4c(N)ncnc43)[C@@H](F)[C@@H]2O[P+](=O)O)c(=O)[nH]1. The molecule has 6 rings (SSSR count). The molecule has 2 aliphatic heterocycles. The summed E-state index contributed by atoms with van der Waals surface area (Å²) < 4.78 is 67.1. The molecule has 10 atom stereocenters. The van der Waals surface area contributed by atoms with Crippen molar-refractivity contribution in [3.63, 3.8) is 0 Å². The van der Waals surface area contributed by atoms with Gasteiger partial charge in [-0.3, -0.25) is 18.9 Å². The lowest BCUT2D eigenvalue weighted by Crippen LogP contribution is -2.34. The van der Waals surface area contributed by atoms with E-state index < -0.39 is 82.3 Å². The van der Waals surface area contributed by atoms with Crippen LogP contribution in [-0.4, -0.2) is 103 Å². The summed E-state index contributed by atoms with van der Waals surface area (Å²) >= 11 is 5.34. The number of ether oxygens (including phenoxy) is 2. The first-order valence-corrected chi connectivity index (χ1v) is 16.4. The van der Waals surface area contributed by atoms with Crippen molar-refractivity contribution in [3.8, 4) is 0 Å². The van der Waals surface area contributed by atoms with E-state index in [0.29, 0.717) is 0 Å². The molecule has 0 radical (unpaired) electrons. The molecule has 0 spiro atoms. The second-order valence-corrected chi connectivity index (χ2v) is 14.0. The molecule has 2 aliphatic rings. The van der Waals surface area contributed by atoms with E-state index in [1.165, 1.54) is 10.9 Å². The molecule has 0 saturated carbocycles. The van der Waals surface area contributed by atoms with Gasteiger partial charge in [-0.05, 0) is 11.8 Å². The Labute approximate surface area is 249 Å². The Balaban J connectivity index is 1.29. The largest absolute Gasteiger partial charge is 0.695 e. The number of aliphatic hydroxyl groups is 1. The van der Waals surface area contributed by atoms with Gasteiger partial charge in [0.1, 0.15) is 35.9 Å². The Kier molecular flexibility index (Phi) is 8.16. The molecule has 6 heterocycles. The van der Waals surface area contributed by atoms with Crippen LogP contribution in [0, 0.1) is 0 Å². The number of fused-ring (bicyclic) bond motifs is 2. The van der Waals surface area contributed by atoms with E-state index in [9.17, 15) is 24.3 Å². The number of nitrogens with two attached hydrogens (primary N) is 2. The van der Waals surface area contributed by atoms with Crippen LogP contribution >= 0.6 is 14.7 Å². The first kappa shape index (κ1) is 30.8. The van der Waals surface area contributed by atoms with Crippen LogP contribution < -0.4 is 17.0 Å². The van der Waals surface area contributed by atoms with Gasteiger partial charge in [0.2, 0.25) is 5.95 Å². The quantitative estimate of drug-likeness (QED) is 0.119. The lowest BCUT2D eigenvalue weighted by atomic mass is 10.1. The van der Waals surface area contributed by atoms with Crippen molar-refractivity contribution in [2.45, 2.75) is 48.8 Å². The van der Waals surface area contributed by atoms with Gasteiger partial charge in [0.25, 0.3) is 5.56 Å². The Morgan fingerprint density at radius 3 is 2.45 bits per heavy atom. The van der Waals surface area contributed by atoms with Crippen molar-refractivity contribution in [1.29, 1.82) is 0 Å². The fourth-order valence-electron chi connectivity index (χ4n) is 5.16. The smallest absolute Gasteiger partial charge is 0.394 e. The van der Waals surface area contributed by atoms with Crippen molar-refractivity contribution in [2.24, 2.45) is 0 Å². The van der Waals surface area contributed by atoms with E-state index in [1.807, 2.05) is 0 Å². The van der Waals surface area contributed by atoms with E-state index in [2.05, 4.69) is 29.9 Å². The first-order chi connectivity index (χ1) is 20.9. The number of aliphatic hydroxyl groups excluding tert-OH is 1. The minimum atomic E-state index is -4.33. The van der Waals surface area contributed by atoms with Crippen LogP contribution in [-0.2, 0) is 34.9 Å². The van der Waals surface area contributed by atoms with E-state index >= 15 is 8.78 Å². The molecule has 236 valence electrons. The summed E-state index contributed by atoms with van der Waals surface area (Å²) in [5.74, 6) is -0.270. The number of nitrogen functional groups attached to an aromatic ring is 2. The molecule has 4 aromatic heterocycles. The fraction of sp³-hybridized carbons (Fsp3) is 0.500. The van der Waals surface area contributed by atoms with Gasteiger partial charge >= 0.3 is 8.25 Å². The van der Waals surface area contributed by atoms with Crippen molar-refractivity contribution in [3.05, 3.63) is 29.3 Å². The second kappa shape index (κ2) is 11.6. The zero-order valence-electron chi connectivity index (χ0n) is 21.9. The molecule has 0 amide bonds. The molecule has 0 aliphatic carbocycles. The maximum absolute atomic E-state index is 15.7. The summed E-state index contributed by atoms with van der Waals surface area (Å²) in [4.78, 5) is 55.2. The number of alkyl halides is 2. The molecular formula is C20H23F2N10O9P2S+. The van der Waals surface area contributed by atoms with Crippen LogP contribution in [0.2, 0.25) is 0 Å². The third kappa shape index (κ3) is 5.26. The van der Waals surface area contributed by atoms with E-state index in [4.69, 9.17) is 41.8 Å². The molecule has 2 saturated heterocycles. The first-order valence-electron chi connectivity index (χ1n) is 12.6. The van der Waals surface area contributed by atoms with Crippen LogP contribution in [0.25, 0.3) is 22.3 Å². The summed E-state index contributed by atoms with van der Waals surface area (Å²) in [5, 5.41) is 9.72. The van der Waals surface area contributed by atoms with Gasteiger partial charge in [0.05, 0.1) is 25.9 Å². The monoisotopic (exact) mass is 679 g/mol. The highest BCUT2D eigenvalue weighted by molar-refractivity contribution is 8.09. The fourth-order valence-corrected chi connectivity index (χ4v) is 8.09. The molecule has 0 aromatic carbocycles. The highest BCUT2D eigenvalue weighted by atomic mass is 32.5. The predicted octanol–water partition coefficient (Wildman–Crippen LogP) is -0.691. The van der Waals surface area contributed by atoms with Crippen LogP contribution in [0.3, 0.4) is 0 Å². The van der Waals surface area contributed by atoms with Crippen LogP contribution in [0.5, 0.6) is 0 Å². The molecule has 8 N–H and O–H groups in total. The predicted molar refractivity (Wildman–Crippen MR) is 148 cm³/mol. The van der Waals surface area contributed by atoms with Gasteiger partial charge in [-0.15, -0.1) is 9.42 Å². The van der Waals surface area contributed by atoms with Crippen LogP contribution in [0.1, 0.15) is 12.5 Å². The van der Waals surface area contributed by atoms with Gasteiger partial charge < -0.3 is 35.5 Å². The van der Waals surface area contributed by atoms with Gasteiger partial charge in [-0.1, -0.05) is 0 Å². The number of rotatable bonds is 9. The third-order valence-corrected chi connectivity index (χ3v) is 10.4. The maximum Gasteiger partial charge on any atom is 0.695 e. The van der Waals surface area contributed by atoms with E-state index in [0.717, 1.165) is 17.2 Å². The number of nitrogens with one attached hydrogen (secondary N) is 1. The highest BCUT2D eigenvalue weighted by Gasteiger charge is 2.56. The number of aromatic nitrogens is 8. The molecule has 2 unspecified atom stereocenters. The Morgan fingerprint density at radius 2 is 1.75 bits per heavy atom. The van der Waals surface area contributed by atoms with Crippen molar-refractivity contribution in [2.75, 3.05) is 24.7 Å². The summed E-state index contributed by atoms with van der Waals surface area (Å²) in [6.45, 7) is -5.87. The summed E-state index contributed by atoms with van der Waals surface area (Å²) in [6.07, 6.45) is -8.45. The number of imidazole rings is 2. The Morgan fingerprint density at radius 1 is 1.07 bits per heavy atom. The number of aromatic amines is 1. The van der Waals surface area contributed by atoms with Gasteiger partial charge in [0, 0.05) is 4.57 Å². The zero-order valence-corrected chi connectivity index (χ0v) is 24.5. The average Bonchev–Trinajstić information content (AvgIpc) is 3.72. The summed E-state index contributed by atoms with van der Waals surface area (Å²) in [6, 6.07) is 0. The second-order valence-electron chi connectivity index (χ2n) is 9.72. The Hall–Kier alpha value is -3.17. The minimum absolute atomic E-state index is 0.0118. The molecule has 2 fully saturated rings. The number of hydrogen-bond donors (Lipinski definition) is 6. The average molecular weight is 679 g/mol. The van der Waals surface area contributed by atoms with Crippen LogP contribution in [0.4, 0.5) is 20.5 Å². The number of H-pyrrole nitrogens is 1. The van der Waals surface area contributed by atoms with Crippen molar-refractivity contribution < 1.29 is 46.8 Å². The number of anilines is 2. The highest BCUT2D eigenvalue weighted by Crippen LogP contribution is 2.58. The topological polar surface area (TPSA) is 274 Å². The van der Waals surface area contributed by atoms with E-state index in [-0.39, 0.29) is 34.1 Å². The van der Waals surface area contributed by atoms with Crippen LogP contribution in [0.15, 0.2) is 23.8 Å². The third-order valence-electron chi connectivity index (χ3n) is 7.13. The summed E-state index contributed by atoms with van der Waals surface area (Å²) in [7, 11) is -3.34. The number of hydrogen-bond acceptors (Lipinski definition) is 15. The maximum atomic E-state index is 15.7. The molecule has 19 nitrogen and oxygen atoms in total. The molecule has 0 bridgehead atoms. The van der Waals surface area contributed by atoms with Crippen molar-refractivity contribution in [1.82, 2.24) is 39.0 Å². The molecular weight excluding hydrogens is 656 g/mol. The lowest BCUT2D eigenvalue weighted by molar-refractivity contribution is -0.0405. The van der Waals surface area contributed by atoms with Gasteiger partial charge in [-0.2, -0.15) is 4.98 Å². The molecule has 4 aromatic rings. The molecule has 44 heavy (non-hydrogen) atoms. The summed E-state index contributed by atoms with van der Waals surface area (Å²) in [5.41, 5.74) is 9.02. The van der Waals surface area contributed by atoms with Gasteiger partial charge in [0.15, 0.2) is 53.9 Å². The molecule has 24 heteroatoms. The number of nitrogens with zero attached hydrogens (tertiary/aromatic N) is 7.